The number of amides is 1. The lowest BCUT2D eigenvalue weighted by atomic mass is 10.2. The minimum Gasteiger partial charge on any atom is -0.483 e. The standard InChI is InChI=1S/C14H19ClN2O2/c1-2-17(12-5-6-12)14(18)9-19-13-7-11(15)4-3-10(13)8-16/h3-4,7,12H,2,5-6,8-9,16H2,1H3. The summed E-state index contributed by atoms with van der Waals surface area (Å²) < 4.78 is 5.58. The van der Waals surface area contributed by atoms with Gasteiger partial charge in [0.2, 0.25) is 0 Å². The van der Waals surface area contributed by atoms with E-state index in [0.29, 0.717) is 23.4 Å². The molecule has 2 rings (SSSR count). The third-order valence-electron chi connectivity index (χ3n) is 3.25. The zero-order valence-corrected chi connectivity index (χ0v) is 11.8. The van der Waals surface area contributed by atoms with Gasteiger partial charge in [-0.25, -0.2) is 0 Å². The minimum atomic E-state index is 0.0212. The van der Waals surface area contributed by atoms with Crippen LogP contribution in [-0.4, -0.2) is 30.0 Å². The highest BCUT2D eigenvalue weighted by Gasteiger charge is 2.31. The van der Waals surface area contributed by atoms with Crippen molar-refractivity contribution >= 4 is 17.5 Å². The maximum absolute atomic E-state index is 12.1. The van der Waals surface area contributed by atoms with Crippen molar-refractivity contribution in [2.24, 2.45) is 5.73 Å². The fraction of sp³-hybridized carbons (Fsp3) is 0.500. The number of carbonyl (C=O) groups is 1. The highest BCUT2D eigenvalue weighted by Crippen LogP contribution is 2.27. The lowest BCUT2D eigenvalue weighted by Crippen LogP contribution is -2.36. The summed E-state index contributed by atoms with van der Waals surface area (Å²) in [7, 11) is 0. The molecule has 0 saturated heterocycles. The van der Waals surface area contributed by atoms with E-state index in [1.807, 2.05) is 17.9 Å². The molecule has 0 unspecified atom stereocenters. The van der Waals surface area contributed by atoms with E-state index in [1.165, 1.54) is 0 Å². The molecule has 2 N–H and O–H groups in total. The van der Waals surface area contributed by atoms with E-state index in [2.05, 4.69) is 0 Å². The first-order valence-corrected chi connectivity index (χ1v) is 6.94. The van der Waals surface area contributed by atoms with Crippen LogP contribution in [0, 0.1) is 0 Å². The molecule has 0 spiro atoms. The van der Waals surface area contributed by atoms with E-state index in [-0.39, 0.29) is 12.5 Å². The molecular formula is C14H19ClN2O2. The number of hydrogen-bond donors (Lipinski definition) is 1. The van der Waals surface area contributed by atoms with Crippen LogP contribution >= 0.6 is 11.6 Å². The first kappa shape index (κ1) is 14.2. The molecule has 104 valence electrons. The largest absolute Gasteiger partial charge is 0.483 e. The number of benzene rings is 1. The molecule has 5 heteroatoms. The number of nitrogens with zero attached hydrogens (tertiary/aromatic N) is 1. The molecule has 19 heavy (non-hydrogen) atoms. The molecule has 0 aromatic heterocycles. The topological polar surface area (TPSA) is 55.6 Å². The summed E-state index contributed by atoms with van der Waals surface area (Å²) in [5.74, 6) is 0.614. The fourth-order valence-corrected chi connectivity index (χ4v) is 2.24. The normalized spacial score (nSPS) is 14.3. The van der Waals surface area contributed by atoms with Crippen LogP contribution in [0.25, 0.3) is 0 Å². The van der Waals surface area contributed by atoms with Crippen LogP contribution in [0.4, 0.5) is 0 Å². The zero-order valence-electron chi connectivity index (χ0n) is 11.1. The van der Waals surface area contributed by atoms with Gasteiger partial charge in [0.15, 0.2) is 6.61 Å². The second-order valence-corrected chi connectivity index (χ2v) is 5.09. The van der Waals surface area contributed by atoms with Gasteiger partial charge in [-0.2, -0.15) is 0 Å². The highest BCUT2D eigenvalue weighted by atomic mass is 35.5. The van der Waals surface area contributed by atoms with Crippen LogP contribution in [0.1, 0.15) is 25.3 Å². The summed E-state index contributed by atoms with van der Waals surface area (Å²) in [5, 5.41) is 0.578. The first-order chi connectivity index (χ1) is 9.15. The van der Waals surface area contributed by atoms with Crippen LogP contribution in [-0.2, 0) is 11.3 Å². The molecule has 0 bridgehead atoms. The number of hydrogen-bond acceptors (Lipinski definition) is 3. The molecule has 1 fully saturated rings. The van der Waals surface area contributed by atoms with Crippen LogP contribution in [0.5, 0.6) is 5.75 Å². The van der Waals surface area contributed by atoms with E-state index >= 15 is 0 Å². The second kappa shape index (κ2) is 6.26. The number of rotatable bonds is 6. The van der Waals surface area contributed by atoms with Gasteiger partial charge in [0.05, 0.1) is 0 Å². The van der Waals surface area contributed by atoms with Crippen molar-refractivity contribution in [3.8, 4) is 5.75 Å². The van der Waals surface area contributed by atoms with Crippen molar-refractivity contribution in [1.29, 1.82) is 0 Å². The Morgan fingerprint density at radius 1 is 1.53 bits per heavy atom. The van der Waals surface area contributed by atoms with Crippen LogP contribution in [0.3, 0.4) is 0 Å². The number of carbonyl (C=O) groups excluding carboxylic acids is 1. The molecule has 1 aromatic carbocycles. The van der Waals surface area contributed by atoms with Gasteiger partial charge < -0.3 is 15.4 Å². The Morgan fingerprint density at radius 2 is 2.26 bits per heavy atom. The Hall–Kier alpha value is -1.26. The van der Waals surface area contributed by atoms with Crippen molar-refractivity contribution in [1.82, 2.24) is 4.90 Å². The predicted molar refractivity (Wildman–Crippen MR) is 75.2 cm³/mol. The average molecular weight is 283 g/mol. The Balaban J connectivity index is 1.97. The number of halogens is 1. The van der Waals surface area contributed by atoms with E-state index in [1.54, 1.807) is 12.1 Å². The van der Waals surface area contributed by atoms with E-state index in [9.17, 15) is 4.79 Å². The van der Waals surface area contributed by atoms with Crippen molar-refractivity contribution in [3.05, 3.63) is 28.8 Å². The third-order valence-corrected chi connectivity index (χ3v) is 3.48. The molecule has 1 saturated carbocycles. The Labute approximate surface area is 118 Å². The van der Waals surface area contributed by atoms with Crippen molar-refractivity contribution in [3.63, 3.8) is 0 Å². The van der Waals surface area contributed by atoms with E-state index in [0.717, 1.165) is 24.9 Å². The molecule has 1 aromatic rings. The number of likely N-dealkylation sites (N-methyl/N-ethyl adjacent to an activating group) is 1. The SMILES string of the molecule is CCN(C(=O)COc1cc(Cl)ccc1CN)C1CC1. The van der Waals surface area contributed by atoms with Crippen molar-refractivity contribution in [2.75, 3.05) is 13.2 Å². The Morgan fingerprint density at radius 3 is 2.84 bits per heavy atom. The lowest BCUT2D eigenvalue weighted by Gasteiger charge is -2.20. The monoisotopic (exact) mass is 282 g/mol. The highest BCUT2D eigenvalue weighted by molar-refractivity contribution is 6.30. The van der Waals surface area contributed by atoms with Crippen LogP contribution in [0.2, 0.25) is 5.02 Å². The third kappa shape index (κ3) is 3.61. The number of nitrogens with two attached hydrogens (primary N) is 1. The van der Waals surface area contributed by atoms with Gasteiger partial charge in [-0.15, -0.1) is 0 Å². The summed E-state index contributed by atoms with van der Waals surface area (Å²) >= 11 is 5.92. The molecule has 0 radical (unpaired) electrons. The summed E-state index contributed by atoms with van der Waals surface area (Å²) in [5.41, 5.74) is 6.49. The van der Waals surface area contributed by atoms with Gasteiger partial charge in [-0.05, 0) is 31.9 Å². The van der Waals surface area contributed by atoms with Gasteiger partial charge in [-0.1, -0.05) is 17.7 Å². The quantitative estimate of drug-likeness (QED) is 0.870. The minimum absolute atomic E-state index is 0.0212. The van der Waals surface area contributed by atoms with Crippen molar-refractivity contribution in [2.45, 2.75) is 32.4 Å². The van der Waals surface area contributed by atoms with Gasteiger partial charge in [0.1, 0.15) is 5.75 Å². The molecule has 0 aliphatic heterocycles. The fourth-order valence-electron chi connectivity index (χ4n) is 2.08. The van der Waals surface area contributed by atoms with Gasteiger partial charge in [0.25, 0.3) is 5.91 Å². The molecule has 4 nitrogen and oxygen atoms in total. The van der Waals surface area contributed by atoms with Crippen LogP contribution < -0.4 is 10.5 Å². The lowest BCUT2D eigenvalue weighted by molar-refractivity contribution is -0.133. The average Bonchev–Trinajstić information content (AvgIpc) is 3.22. The maximum atomic E-state index is 12.1. The van der Waals surface area contributed by atoms with Gasteiger partial charge in [0, 0.05) is 29.7 Å². The summed E-state index contributed by atoms with van der Waals surface area (Å²) in [6.07, 6.45) is 2.20. The molecule has 1 aliphatic carbocycles. The predicted octanol–water partition coefficient (Wildman–Crippen LogP) is 2.19. The van der Waals surface area contributed by atoms with Crippen LogP contribution in [0.15, 0.2) is 18.2 Å². The zero-order chi connectivity index (χ0) is 13.8. The van der Waals surface area contributed by atoms with E-state index in [4.69, 9.17) is 22.1 Å². The Bertz CT molecular complexity index is 461. The van der Waals surface area contributed by atoms with Gasteiger partial charge in [-0.3, -0.25) is 4.79 Å². The summed E-state index contributed by atoms with van der Waals surface area (Å²) in [6, 6.07) is 5.70. The Kier molecular flexibility index (Phi) is 4.66. The molecule has 0 heterocycles. The summed E-state index contributed by atoms with van der Waals surface area (Å²) in [6.45, 7) is 3.12. The number of ether oxygens (including phenoxy) is 1. The summed E-state index contributed by atoms with van der Waals surface area (Å²) in [4.78, 5) is 13.9. The molecule has 1 aliphatic rings. The first-order valence-electron chi connectivity index (χ1n) is 6.56. The van der Waals surface area contributed by atoms with Crippen molar-refractivity contribution < 1.29 is 9.53 Å². The second-order valence-electron chi connectivity index (χ2n) is 4.66. The molecule has 1 amide bonds. The molecular weight excluding hydrogens is 264 g/mol. The smallest absolute Gasteiger partial charge is 0.260 e. The van der Waals surface area contributed by atoms with Gasteiger partial charge >= 0.3 is 0 Å². The maximum Gasteiger partial charge on any atom is 0.260 e. The van der Waals surface area contributed by atoms with E-state index < -0.39 is 0 Å². The molecule has 0 atom stereocenters.